The van der Waals surface area contributed by atoms with Crippen LogP contribution in [0.1, 0.15) is 10.4 Å². The zero-order valence-electron chi connectivity index (χ0n) is 13.6. The Kier molecular flexibility index (Phi) is 3.70. The number of primary amides is 1. The minimum Gasteiger partial charge on any atom is -0.368 e. The molecule has 0 aliphatic heterocycles. The summed E-state index contributed by atoms with van der Waals surface area (Å²) in [5.74, 6) is 0.316. The van der Waals surface area contributed by atoms with Gasteiger partial charge in [-0.1, -0.05) is 12.1 Å². The molecule has 0 radical (unpaired) electrons. The van der Waals surface area contributed by atoms with E-state index in [2.05, 4.69) is 25.5 Å². The Bertz CT molecular complexity index is 1120. The van der Waals surface area contributed by atoms with E-state index in [9.17, 15) is 4.79 Å². The Morgan fingerprint density at radius 1 is 1.12 bits per heavy atom. The number of rotatable bonds is 4. The molecule has 4 rings (SSSR count). The van der Waals surface area contributed by atoms with Crippen molar-refractivity contribution in [3.8, 4) is 11.3 Å². The van der Waals surface area contributed by atoms with Crippen molar-refractivity contribution in [1.82, 2.24) is 20.2 Å². The van der Waals surface area contributed by atoms with Crippen LogP contribution < -0.4 is 16.8 Å². The van der Waals surface area contributed by atoms with Crippen molar-refractivity contribution < 1.29 is 4.79 Å². The van der Waals surface area contributed by atoms with Gasteiger partial charge >= 0.3 is 0 Å². The summed E-state index contributed by atoms with van der Waals surface area (Å²) in [5.41, 5.74) is 14.6. The molecule has 1 amide bonds. The summed E-state index contributed by atoms with van der Waals surface area (Å²) < 4.78 is 0. The van der Waals surface area contributed by atoms with Gasteiger partial charge in [0.2, 0.25) is 11.9 Å². The number of nitrogens with zero attached hydrogens (tertiary/aromatic N) is 3. The molecule has 2 aromatic heterocycles. The largest absolute Gasteiger partial charge is 0.368 e. The molecule has 0 fully saturated rings. The maximum Gasteiger partial charge on any atom is 0.248 e. The number of nitrogen functional groups attached to an aromatic ring is 1. The second-order valence-electron chi connectivity index (χ2n) is 5.70. The molecule has 8 heteroatoms. The van der Waals surface area contributed by atoms with Crippen molar-refractivity contribution in [2.24, 2.45) is 5.73 Å². The van der Waals surface area contributed by atoms with Gasteiger partial charge in [-0.15, -0.1) is 0 Å². The average Bonchev–Trinajstić information content (AvgIpc) is 3.05. The van der Waals surface area contributed by atoms with Gasteiger partial charge in [0.15, 0.2) is 0 Å². The van der Waals surface area contributed by atoms with Crippen LogP contribution in [0.5, 0.6) is 0 Å². The Morgan fingerprint density at radius 3 is 2.81 bits per heavy atom. The normalized spacial score (nSPS) is 10.8. The van der Waals surface area contributed by atoms with E-state index in [0.29, 0.717) is 11.4 Å². The van der Waals surface area contributed by atoms with E-state index in [1.165, 1.54) is 0 Å². The zero-order chi connectivity index (χ0) is 18.1. The highest BCUT2D eigenvalue weighted by molar-refractivity contribution is 5.98. The first-order valence-corrected chi connectivity index (χ1v) is 7.84. The number of fused-ring (bicyclic) bond motifs is 1. The van der Waals surface area contributed by atoms with Crippen LogP contribution in [0.4, 0.5) is 17.5 Å². The molecule has 0 unspecified atom stereocenters. The number of hydrogen-bond acceptors (Lipinski definition) is 6. The van der Waals surface area contributed by atoms with E-state index in [1.807, 2.05) is 24.3 Å². The molecule has 0 spiro atoms. The van der Waals surface area contributed by atoms with E-state index in [1.54, 1.807) is 30.5 Å². The van der Waals surface area contributed by atoms with E-state index in [0.717, 1.165) is 27.8 Å². The summed E-state index contributed by atoms with van der Waals surface area (Å²) >= 11 is 0. The van der Waals surface area contributed by atoms with Crippen molar-refractivity contribution in [1.29, 1.82) is 0 Å². The number of carbonyl (C=O) groups excluding carboxylic acids is 1. The lowest BCUT2D eigenvalue weighted by Crippen LogP contribution is -2.10. The van der Waals surface area contributed by atoms with Gasteiger partial charge in [-0.05, 0) is 36.4 Å². The van der Waals surface area contributed by atoms with Crippen molar-refractivity contribution in [2.45, 2.75) is 0 Å². The predicted molar refractivity (Wildman–Crippen MR) is 99.8 cm³/mol. The molecule has 26 heavy (non-hydrogen) atoms. The van der Waals surface area contributed by atoms with Crippen LogP contribution in [-0.2, 0) is 0 Å². The molecule has 0 atom stereocenters. The maximum atomic E-state index is 11.4. The third-order valence-corrected chi connectivity index (χ3v) is 3.93. The fourth-order valence-corrected chi connectivity index (χ4v) is 2.72. The first kappa shape index (κ1) is 15.6. The number of aromatic nitrogens is 4. The van der Waals surface area contributed by atoms with Gasteiger partial charge in [0.05, 0.1) is 11.2 Å². The lowest BCUT2D eigenvalue weighted by atomic mass is 10.0. The van der Waals surface area contributed by atoms with Crippen LogP contribution in [0.25, 0.3) is 22.2 Å². The van der Waals surface area contributed by atoms with Gasteiger partial charge in [-0.2, -0.15) is 10.1 Å². The lowest BCUT2D eigenvalue weighted by Gasteiger charge is -2.06. The predicted octanol–water partition coefficient (Wildman–Crippen LogP) is 2.44. The molecule has 8 nitrogen and oxygen atoms in total. The number of H-pyrrole nitrogens is 1. The van der Waals surface area contributed by atoms with Gasteiger partial charge < -0.3 is 16.8 Å². The van der Waals surface area contributed by atoms with Gasteiger partial charge in [-0.3, -0.25) is 9.89 Å². The molecule has 0 saturated carbocycles. The summed E-state index contributed by atoms with van der Waals surface area (Å²) in [7, 11) is 0. The van der Waals surface area contributed by atoms with Crippen LogP contribution in [0.3, 0.4) is 0 Å². The summed E-state index contributed by atoms with van der Waals surface area (Å²) in [5, 5.41) is 11.5. The van der Waals surface area contributed by atoms with Crippen molar-refractivity contribution in [2.75, 3.05) is 11.1 Å². The topological polar surface area (TPSA) is 136 Å². The number of nitrogens with two attached hydrogens (primary N) is 2. The standard InChI is InChI=1S/C18H15N7O/c19-17(26)11-3-1-2-10(8-11)16-13-9-12(4-5-14(13)24-25-16)22-15-6-7-21-18(20)23-15/h1-9H,(H2,19,26)(H,24,25)(H3,20,21,22,23). The molecule has 0 aliphatic rings. The van der Waals surface area contributed by atoms with Crippen molar-refractivity contribution in [3.63, 3.8) is 0 Å². The first-order valence-electron chi connectivity index (χ1n) is 7.84. The second kappa shape index (κ2) is 6.17. The van der Waals surface area contributed by atoms with E-state index < -0.39 is 5.91 Å². The third kappa shape index (κ3) is 2.91. The SMILES string of the molecule is NC(=O)c1cccc(-c2n[nH]c3ccc(Nc4ccnc(N)n4)cc23)c1. The van der Waals surface area contributed by atoms with Crippen LogP contribution in [-0.4, -0.2) is 26.1 Å². The van der Waals surface area contributed by atoms with Crippen LogP contribution >= 0.6 is 0 Å². The Morgan fingerprint density at radius 2 is 2.00 bits per heavy atom. The molecule has 0 aliphatic carbocycles. The number of carbonyl (C=O) groups is 1. The van der Waals surface area contributed by atoms with Crippen LogP contribution in [0.15, 0.2) is 54.7 Å². The molecule has 2 heterocycles. The Labute approximate surface area is 148 Å². The fourth-order valence-electron chi connectivity index (χ4n) is 2.72. The average molecular weight is 345 g/mol. The molecule has 4 aromatic rings. The van der Waals surface area contributed by atoms with Gasteiger partial charge in [-0.25, -0.2) is 4.98 Å². The minimum absolute atomic E-state index is 0.198. The number of amides is 1. The number of aromatic amines is 1. The van der Waals surface area contributed by atoms with Gasteiger partial charge in [0.25, 0.3) is 0 Å². The third-order valence-electron chi connectivity index (χ3n) is 3.93. The molecule has 128 valence electrons. The van der Waals surface area contributed by atoms with Gasteiger partial charge in [0, 0.05) is 28.4 Å². The summed E-state index contributed by atoms with van der Waals surface area (Å²) in [6, 6.07) is 14.6. The van der Waals surface area contributed by atoms with Crippen LogP contribution in [0, 0.1) is 0 Å². The minimum atomic E-state index is -0.476. The van der Waals surface area contributed by atoms with Crippen LogP contribution in [0.2, 0.25) is 0 Å². The summed E-state index contributed by atoms with van der Waals surface area (Å²) in [6.07, 6.45) is 1.59. The molecular weight excluding hydrogens is 330 g/mol. The van der Waals surface area contributed by atoms with Gasteiger partial charge in [0.1, 0.15) is 5.82 Å². The highest BCUT2D eigenvalue weighted by Gasteiger charge is 2.11. The highest BCUT2D eigenvalue weighted by atomic mass is 16.1. The zero-order valence-corrected chi connectivity index (χ0v) is 13.6. The highest BCUT2D eigenvalue weighted by Crippen LogP contribution is 2.29. The molecule has 6 N–H and O–H groups in total. The fraction of sp³-hybridized carbons (Fsp3) is 0. The van der Waals surface area contributed by atoms with Crippen molar-refractivity contribution in [3.05, 3.63) is 60.3 Å². The number of hydrogen-bond donors (Lipinski definition) is 4. The van der Waals surface area contributed by atoms with Crippen molar-refractivity contribution >= 4 is 34.3 Å². The molecular formula is C18H15N7O. The molecule has 0 bridgehead atoms. The van der Waals surface area contributed by atoms with E-state index in [4.69, 9.17) is 11.5 Å². The Balaban J connectivity index is 1.75. The summed E-state index contributed by atoms with van der Waals surface area (Å²) in [6.45, 7) is 0. The monoisotopic (exact) mass is 345 g/mol. The van der Waals surface area contributed by atoms with E-state index >= 15 is 0 Å². The Hall–Kier alpha value is -3.94. The number of benzene rings is 2. The lowest BCUT2D eigenvalue weighted by molar-refractivity contribution is 0.100. The summed E-state index contributed by atoms with van der Waals surface area (Å²) in [4.78, 5) is 19.4. The quantitative estimate of drug-likeness (QED) is 0.448. The number of nitrogens with one attached hydrogen (secondary N) is 2. The number of anilines is 3. The second-order valence-corrected chi connectivity index (χ2v) is 5.70. The van der Waals surface area contributed by atoms with E-state index in [-0.39, 0.29) is 5.95 Å². The maximum absolute atomic E-state index is 11.4. The molecule has 2 aromatic carbocycles. The first-order chi connectivity index (χ1) is 12.6. The molecule has 0 saturated heterocycles. The smallest absolute Gasteiger partial charge is 0.248 e.